The lowest BCUT2D eigenvalue weighted by atomic mass is 9.96. The van der Waals surface area contributed by atoms with Crippen LogP contribution in [0.3, 0.4) is 0 Å². The number of nitriles is 2. The van der Waals surface area contributed by atoms with Crippen LogP contribution in [0, 0.1) is 49.7 Å². The molecule has 16 heavy (non-hydrogen) atoms. The molecule has 0 unspecified atom stereocenters. The molecule has 0 N–H and O–H groups in total. The minimum Gasteiger partial charge on any atom is -0.238 e. The predicted molar refractivity (Wildman–Crippen MR) is 57.9 cm³/mol. The van der Waals surface area contributed by atoms with E-state index in [1.807, 2.05) is 12.1 Å². The molecule has 0 amide bonds. The molecule has 1 rings (SSSR count). The zero-order valence-electron chi connectivity index (χ0n) is 8.79. The maximum atomic E-state index is 8.96. The second-order valence-corrected chi connectivity index (χ2v) is 3.14. The van der Waals surface area contributed by atoms with E-state index in [2.05, 4.69) is 9.69 Å². The van der Waals surface area contributed by atoms with Crippen molar-refractivity contribution < 1.29 is 0 Å². The van der Waals surface area contributed by atoms with Crippen molar-refractivity contribution in [2.45, 2.75) is 13.8 Å². The number of rotatable bonds is 0. The first-order valence-electron chi connectivity index (χ1n) is 4.34. The fourth-order valence-corrected chi connectivity index (χ4v) is 1.52. The summed E-state index contributed by atoms with van der Waals surface area (Å²) in [5, 5.41) is 17.9. The van der Waals surface area contributed by atoms with Crippen molar-refractivity contribution in [3.63, 3.8) is 0 Å². The monoisotopic (exact) mass is 206 g/mol. The minimum atomic E-state index is 0.171. The van der Waals surface area contributed by atoms with E-state index in [1.54, 1.807) is 13.8 Å². The molecule has 1 aromatic rings. The largest absolute Gasteiger partial charge is 0.238 e. The van der Waals surface area contributed by atoms with Crippen LogP contribution in [0.15, 0.2) is 0 Å². The van der Waals surface area contributed by atoms with Crippen molar-refractivity contribution >= 4 is 11.4 Å². The van der Waals surface area contributed by atoms with Gasteiger partial charge in [0.1, 0.15) is 0 Å². The Morgan fingerprint density at radius 3 is 1.50 bits per heavy atom. The quantitative estimate of drug-likeness (QED) is 0.612. The molecule has 0 aliphatic heterocycles. The first-order chi connectivity index (χ1) is 7.62. The van der Waals surface area contributed by atoms with Crippen LogP contribution in [0.5, 0.6) is 0 Å². The highest BCUT2D eigenvalue weighted by Gasteiger charge is 2.19. The number of hydrogen-bond acceptors (Lipinski definition) is 2. The van der Waals surface area contributed by atoms with E-state index in [-0.39, 0.29) is 22.5 Å². The van der Waals surface area contributed by atoms with Gasteiger partial charge in [-0.3, -0.25) is 0 Å². The van der Waals surface area contributed by atoms with Crippen molar-refractivity contribution in [2.75, 3.05) is 0 Å². The highest BCUT2D eigenvalue weighted by molar-refractivity contribution is 5.80. The van der Waals surface area contributed by atoms with Crippen LogP contribution in [-0.2, 0) is 0 Å². The second kappa shape index (κ2) is 4.14. The average molecular weight is 206 g/mol. The standard InChI is InChI=1S/C12H6N4/c1-7-9(5-13)11(15-3)8(2)12(16-4)10(7)6-14/h1-2H3. The third-order valence-corrected chi connectivity index (χ3v) is 2.38. The maximum absolute atomic E-state index is 8.96. The normalized spacial score (nSPS) is 8.38. The third kappa shape index (κ3) is 1.36. The van der Waals surface area contributed by atoms with E-state index in [0.29, 0.717) is 11.1 Å². The Hall–Kier alpha value is -2.82. The molecular weight excluding hydrogens is 200 g/mol. The van der Waals surface area contributed by atoms with E-state index in [9.17, 15) is 0 Å². The lowest BCUT2D eigenvalue weighted by Crippen LogP contribution is -1.92. The number of nitrogens with zero attached hydrogens (tertiary/aromatic N) is 4. The first kappa shape index (κ1) is 11.3. The van der Waals surface area contributed by atoms with Crippen molar-refractivity contribution in [1.29, 1.82) is 10.5 Å². The lowest BCUT2D eigenvalue weighted by molar-refractivity contribution is 1.33. The molecule has 0 saturated carbocycles. The Bertz CT molecular complexity index is 517. The molecule has 0 radical (unpaired) electrons. The highest BCUT2D eigenvalue weighted by Crippen LogP contribution is 2.37. The molecule has 74 valence electrons. The molecule has 0 aliphatic carbocycles. The topological polar surface area (TPSA) is 56.3 Å². The molecule has 0 heterocycles. The Morgan fingerprint density at radius 1 is 0.875 bits per heavy atom. The van der Waals surface area contributed by atoms with Crippen LogP contribution in [0.1, 0.15) is 22.3 Å². The van der Waals surface area contributed by atoms with Gasteiger partial charge in [0.15, 0.2) is 11.4 Å². The van der Waals surface area contributed by atoms with Gasteiger partial charge in [-0.05, 0) is 18.1 Å². The van der Waals surface area contributed by atoms with Gasteiger partial charge in [0.25, 0.3) is 0 Å². The highest BCUT2D eigenvalue weighted by atomic mass is 14.7. The van der Waals surface area contributed by atoms with E-state index in [4.69, 9.17) is 23.7 Å². The molecule has 1 aromatic carbocycles. The molecule has 0 saturated heterocycles. The van der Waals surface area contributed by atoms with Gasteiger partial charge in [-0.1, -0.05) is 6.92 Å². The summed E-state index contributed by atoms with van der Waals surface area (Å²) in [6.07, 6.45) is 0. The van der Waals surface area contributed by atoms with E-state index < -0.39 is 0 Å². The van der Waals surface area contributed by atoms with Gasteiger partial charge in [-0.2, -0.15) is 10.5 Å². The Labute approximate surface area is 93.6 Å². The van der Waals surface area contributed by atoms with Crippen LogP contribution in [0.2, 0.25) is 0 Å². The molecule has 0 fully saturated rings. The molecule has 0 aromatic heterocycles. The Balaban J connectivity index is 3.98. The SMILES string of the molecule is [C-]#[N+]c1c(C)c([N+]#[C-])c(C#N)c(C)c1C#N. The third-order valence-electron chi connectivity index (χ3n) is 2.38. The van der Waals surface area contributed by atoms with E-state index >= 15 is 0 Å². The van der Waals surface area contributed by atoms with Gasteiger partial charge in [-0.25, -0.2) is 9.69 Å². The van der Waals surface area contributed by atoms with Crippen molar-refractivity contribution in [2.24, 2.45) is 0 Å². The Morgan fingerprint density at radius 2 is 1.25 bits per heavy atom. The Kier molecular flexibility index (Phi) is 2.91. The van der Waals surface area contributed by atoms with Crippen LogP contribution in [0.25, 0.3) is 9.69 Å². The van der Waals surface area contributed by atoms with Crippen molar-refractivity contribution in [3.8, 4) is 12.1 Å². The van der Waals surface area contributed by atoms with Gasteiger partial charge in [0.05, 0.1) is 36.4 Å². The second-order valence-electron chi connectivity index (χ2n) is 3.14. The minimum absolute atomic E-state index is 0.171. The average Bonchev–Trinajstić information content (AvgIpc) is 2.30. The zero-order chi connectivity index (χ0) is 12.3. The van der Waals surface area contributed by atoms with Crippen molar-refractivity contribution in [3.05, 3.63) is 45.1 Å². The molecule has 0 atom stereocenters. The van der Waals surface area contributed by atoms with Crippen LogP contribution in [-0.4, -0.2) is 0 Å². The number of hydrogen-bond donors (Lipinski definition) is 0. The van der Waals surface area contributed by atoms with Gasteiger partial charge >= 0.3 is 0 Å². The molecule has 0 spiro atoms. The lowest BCUT2D eigenvalue weighted by Gasteiger charge is -2.09. The summed E-state index contributed by atoms with van der Waals surface area (Å²) in [6.45, 7) is 17.2. The van der Waals surface area contributed by atoms with Crippen LogP contribution < -0.4 is 0 Å². The summed E-state index contributed by atoms with van der Waals surface area (Å²) in [5.74, 6) is 0. The molecule has 4 heteroatoms. The smallest absolute Gasteiger partial charge is 0.197 e. The summed E-state index contributed by atoms with van der Waals surface area (Å²) in [5.41, 5.74) is 1.54. The predicted octanol–water partition coefficient (Wildman–Crippen LogP) is 3.15. The van der Waals surface area contributed by atoms with E-state index in [1.165, 1.54) is 0 Å². The molecule has 0 aliphatic rings. The van der Waals surface area contributed by atoms with Gasteiger partial charge in [0.2, 0.25) is 0 Å². The zero-order valence-corrected chi connectivity index (χ0v) is 8.79. The number of benzene rings is 1. The van der Waals surface area contributed by atoms with Crippen molar-refractivity contribution in [1.82, 2.24) is 0 Å². The van der Waals surface area contributed by atoms with Crippen LogP contribution in [0.4, 0.5) is 11.4 Å². The van der Waals surface area contributed by atoms with Gasteiger partial charge < -0.3 is 0 Å². The molecule has 4 nitrogen and oxygen atoms in total. The maximum Gasteiger partial charge on any atom is 0.197 e. The fraction of sp³-hybridized carbons (Fsp3) is 0.167. The molecule has 0 bridgehead atoms. The summed E-state index contributed by atoms with van der Waals surface area (Å²) < 4.78 is 0. The summed E-state index contributed by atoms with van der Waals surface area (Å²) in [4.78, 5) is 6.52. The summed E-state index contributed by atoms with van der Waals surface area (Å²) >= 11 is 0. The first-order valence-corrected chi connectivity index (χ1v) is 4.34. The van der Waals surface area contributed by atoms with Gasteiger partial charge in [0, 0.05) is 0 Å². The summed E-state index contributed by atoms with van der Waals surface area (Å²) in [6, 6.07) is 3.83. The molecular formula is C12H6N4. The van der Waals surface area contributed by atoms with E-state index in [0.717, 1.165) is 0 Å². The van der Waals surface area contributed by atoms with Crippen LogP contribution >= 0.6 is 0 Å². The van der Waals surface area contributed by atoms with Gasteiger partial charge in [-0.15, -0.1) is 0 Å². The summed E-state index contributed by atoms with van der Waals surface area (Å²) in [7, 11) is 0. The fourth-order valence-electron chi connectivity index (χ4n) is 1.52.